The number of aryl methyl sites for hydroxylation is 1. The van der Waals surface area contributed by atoms with Crippen LogP contribution in [-0.2, 0) is 16.4 Å². The molecule has 0 bridgehead atoms. The van der Waals surface area contributed by atoms with E-state index in [-0.39, 0.29) is 12.1 Å². The molecule has 2 unspecified atom stereocenters. The van der Waals surface area contributed by atoms with E-state index in [1.54, 1.807) is 16.4 Å². The zero-order valence-electron chi connectivity index (χ0n) is 12.0. The first kappa shape index (κ1) is 14.5. The summed E-state index contributed by atoms with van der Waals surface area (Å²) in [5.74, 6) is 0. The Morgan fingerprint density at radius 1 is 1.11 bits per heavy atom. The minimum atomic E-state index is -3.35. The first-order valence-electron chi connectivity index (χ1n) is 7.09. The molecule has 0 amide bonds. The zero-order valence-corrected chi connectivity index (χ0v) is 12.8. The highest BCUT2D eigenvalue weighted by molar-refractivity contribution is 7.89. The fraction of sp³-hybridized carbons (Fsp3) is 0.600. The minimum Gasteiger partial charge on any atom is -0.207 e. The van der Waals surface area contributed by atoms with Crippen LogP contribution in [0.5, 0.6) is 0 Å². The molecule has 1 heterocycles. The first-order valence-corrected chi connectivity index (χ1v) is 8.53. The quantitative estimate of drug-likeness (QED) is 0.853. The molecule has 0 N–H and O–H groups in total. The second-order valence-electron chi connectivity index (χ2n) is 5.46. The van der Waals surface area contributed by atoms with Gasteiger partial charge in [-0.15, -0.1) is 0 Å². The van der Waals surface area contributed by atoms with E-state index in [1.807, 2.05) is 26.0 Å². The van der Waals surface area contributed by atoms with Crippen molar-refractivity contribution >= 4 is 10.0 Å². The van der Waals surface area contributed by atoms with Crippen molar-refractivity contribution in [2.45, 2.75) is 63.4 Å². The largest absolute Gasteiger partial charge is 0.243 e. The predicted molar refractivity (Wildman–Crippen MR) is 77.6 cm³/mol. The van der Waals surface area contributed by atoms with E-state index in [0.29, 0.717) is 4.90 Å². The predicted octanol–water partition coefficient (Wildman–Crippen LogP) is 3.20. The molecule has 2 atom stereocenters. The van der Waals surface area contributed by atoms with E-state index in [1.165, 1.54) is 5.56 Å². The van der Waals surface area contributed by atoms with E-state index in [0.717, 1.165) is 25.7 Å². The molecule has 0 aromatic heterocycles. The fourth-order valence-corrected chi connectivity index (χ4v) is 4.77. The second kappa shape index (κ2) is 5.63. The maximum atomic E-state index is 12.7. The Morgan fingerprint density at radius 2 is 1.63 bits per heavy atom. The van der Waals surface area contributed by atoms with Gasteiger partial charge in [-0.3, -0.25) is 0 Å². The summed E-state index contributed by atoms with van der Waals surface area (Å²) >= 11 is 0. The van der Waals surface area contributed by atoms with Gasteiger partial charge in [0.05, 0.1) is 4.90 Å². The molecule has 3 nitrogen and oxygen atoms in total. The summed E-state index contributed by atoms with van der Waals surface area (Å²) in [6.07, 6.45) is 3.95. The van der Waals surface area contributed by atoms with Crippen molar-refractivity contribution in [2.24, 2.45) is 0 Å². The van der Waals surface area contributed by atoms with Crippen LogP contribution in [0.4, 0.5) is 0 Å². The summed E-state index contributed by atoms with van der Waals surface area (Å²) in [6.45, 7) is 6.08. The third-order valence-corrected chi connectivity index (χ3v) is 6.16. The summed E-state index contributed by atoms with van der Waals surface area (Å²) in [5, 5.41) is 0. The number of nitrogens with zero attached hydrogens (tertiary/aromatic N) is 1. The van der Waals surface area contributed by atoms with Crippen molar-refractivity contribution in [3.8, 4) is 0 Å². The summed E-state index contributed by atoms with van der Waals surface area (Å²) in [7, 11) is -3.35. The van der Waals surface area contributed by atoms with Crippen LogP contribution in [0.3, 0.4) is 0 Å². The van der Waals surface area contributed by atoms with Crippen LogP contribution in [0.2, 0.25) is 0 Å². The third kappa shape index (κ3) is 2.84. The smallest absolute Gasteiger partial charge is 0.207 e. The van der Waals surface area contributed by atoms with E-state index in [9.17, 15) is 8.42 Å². The Bertz CT molecular complexity index is 512. The zero-order chi connectivity index (χ0) is 14.0. The van der Waals surface area contributed by atoms with Crippen molar-refractivity contribution in [3.63, 3.8) is 0 Å². The van der Waals surface area contributed by atoms with Gasteiger partial charge in [-0.2, -0.15) is 4.31 Å². The first-order chi connectivity index (χ1) is 8.96. The molecule has 1 aliphatic rings. The van der Waals surface area contributed by atoms with E-state index < -0.39 is 10.0 Å². The molecule has 0 spiro atoms. The molecule has 1 aromatic carbocycles. The molecule has 1 aliphatic heterocycles. The standard InChI is InChI=1S/C15H23NO2S/c1-4-14-8-10-15(11-9-14)19(17,18)16-12(2)6-5-7-13(16)3/h8-13H,4-7H2,1-3H3. The SMILES string of the molecule is CCc1ccc(S(=O)(=O)N2C(C)CCCC2C)cc1. The van der Waals surface area contributed by atoms with E-state index in [2.05, 4.69) is 6.92 Å². The minimum absolute atomic E-state index is 0.0969. The number of piperidine rings is 1. The number of rotatable bonds is 3. The van der Waals surface area contributed by atoms with Gasteiger partial charge in [-0.1, -0.05) is 25.5 Å². The van der Waals surface area contributed by atoms with Crippen molar-refractivity contribution in [2.75, 3.05) is 0 Å². The highest BCUT2D eigenvalue weighted by Crippen LogP contribution is 2.29. The molecule has 19 heavy (non-hydrogen) atoms. The molecular weight excluding hydrogens is 258 g/mol. The fourth-order valence-electron chi connectivity index (χ4n) is 2.89. The molecule has 1 saturated heterocycles. The molecule has 0 saturated carbocycles. The van der Waals surface area contributed by atoms with E-state index in [4.69, 9.17) is 0 Å². The van der Waals surface area contributed by atoms with Crippen LogP contribution in [-0.4, -0.2) is 24.8 Å². The van der Waals surface area contributed by atoms with Gasteiger partial charge in [-0.25, -0.2) is 8.42 Å². The monoisotopic (exact) mass is 281 g/mol. The number of benzene rings is 1. The lowest BCUT2D eigenvalue weighted by Crippen LogP contribution is -2.47. The molecule has 0 aliphatic carbocycles. The third-order valence-electron chi connectivity index (χ3n) is 4.02. The number of sulfonamides is 1. The van der Waals surface area contributed by atoms with Crippen LogP contribution in [0, 0.1) is 0 Å². The Balaban J connectivity index is 2.34. The van der Waals surface area contributed by atoms with Gasteiger partial charge in [0.25, 0.3) is 0 Å². The van der Waals surface area contributed by atoms with Gasteiger partial charge in [0.1, 0.15) is 0 Å². The molecule has 0 radical (unpaired) electrons. The number of hydrogen-bond donors (Lipinski definition) is 0. The molecule has 4 heteroatoms. The average molecular weight is 281 g/mol. The molecule has 1 fully saturated rings. The molecule has 1 aromatic rings. The van der Waals surface area contributed by atoms with Crippen LogP contribution < -0.4 is 0 Å². The van der Waals surface area contributed by atoms with Crippen molar-refractivity contribution in [1.82, 2.24) is 4.31 Å². The summed E-state index contributed by atoms with van der Waals surface area (Å²) in [6, 6.07) is 7.49. The summed E-state index contributed by atoms with van der Waals surface area (Å²) < 4.78 is 27.2. The van der Waals surface area contributed by atoms with Gasteiger partial charge < -0.3 is 0 Å². The Hall–Kier alpha value is -0.870. The molecule has 106 valence electrons. The lowest BCUT2D eigenvalue weighted by Gasteiger charge is -2.37. The summed E-state index contributed by atoms with van der Waals surface area (Å²) in [4.78, 5) is 0.422. The summed E-state index contributed by atoms with van der Waals surface area (Å²) in [5.41, 5.74) is 1.17. The molecule has 2 rings (SSSR count). The van der Waals surface area contributed by atoms with Gasteiger partial charge in [-0.05, 0) is 50.8 Å². The van der Waals surface area contributed by atoms with Gasteiger partial charge in [0.2, 0.25) is 10.0 Å². The van der Waals surface area contributed by atoms with Crippen LogP contribution in [0.15, 0.2) is 29.2 Å². The van der Waals surface area contributed by atoms with Gasteiger partial charge in [0, 0.05) is 12.1 Å². The van der Waals surface area contributed by atoms with E-state index >= 15 is 0 Å². The van der Waals surface area contributed by atoms with Gasteiger partial charge >= 0.3 is 0 Å². The van der Waals surface area contributed by atoms with Crippen molar-refractivity contribution in [3.05, 3.63) is 29.8 Å². The maximum absolute atomic E-state index is 12.7. The highest BCUT2D eigenvalue weighted by Gasteiger charge is 2.35. The second-order valence-corrected chi connectivity index (χ2v) is 7.30. The normalized spacial score (nSPS) is 25.4. The van der Waals surface area contributed by atoms with Gasteiger partial charge in [0.15, 0.2) is 0 Å². The highest BCUT2D eigenvalue weighted by atomic mass is 32.2. The van der Waals surface area contributed by atoms with Crippen molar-refractivity contribution in [1.29, 1.82) is 0 Å². The lowest BCUT2D eigenvalue weighted by molar-refractivity contribution is 0.204. The van der Waals surface area contributed by atoms with Crippen molar-refractivity contribution < 1.29 is 8.42 Å². The topological polar surface area (TPSA) is 37.4 Å². The molecular formula is C15H23NO2S. The Labute approximate surface area is 116 Å². The van der Waals surface area contributed by atoms with Crippen LogP contribution in [0.25, 0.3) is 0 Å². The average Bonchev–Trinajstić information content (AvgIpc) is 2.38. The van der Waals surface area contributed by atoms with Crippen LogP contribution >= 0.6 is 0 Å². The maximum Gasteiger partial charge on any atom is 0.243 e. The number of hydrogen-bond acceptors (Lipinski definition) is 2. The van der Waals surface area contributed by atoms with Crippen LogP contribution in [0.1, 0.15) is 45.6 Å². The lowest BCUT2D eigenvalue weighted by atomic mass is 10.0. The Kier molecular flexibility index (Phi) is 4.31. The Morgan fingerprint density at radius 3 is 2.11 bits per heavy atom.